The zero-order valence-electron chi connectivity index (χ0n) is 11.1. The SMILES string of the molecule is CCC1SCCSC1C(Cc1cccc(Cl)c1)NN. The lowest BCUT2D eigenvalue weighted by atomic mass is 10.0. The lowest BCUT2D eigenvalue weighted by Gasteiger charge is -2.35. The molecule has 3 atom stereocenters. The first-order chi connectivity index (χ1) is 9.24. The minimum Gasteiger partial charge on any atom is -0.271 e. The van der Waals surface area contributed by atoms with Gasteiger partial charge in [-0.3, -0.25) is 11.3 Å². The molecule has 0 radical (unpaired) electrons. The standard InChI is InChI=1S/C14H21ClN2S2/c1-2-13-14(19-7-6-18-13)12(17-16)9-10-4-3-5-11(15)8-10/h3-5,8,12-14,17H,2,6-7,9,16H2,1H3. The maximum absolute atomic E-state index is 6.05. The molecule has 0 spiro atoms. The van der Waals surface area contributed by atoms with E-state index in [4.69, 9.17) is 17.4 Å². The van der Waals surface area contributed by atoms with Gasteiger partial charge in [-0.15, -0.1) is 0 Å². The molecular formula is C14H21ClN2S2. The first kappa shape index (κ1) is 15.5. The maximum atomic E-state index is 6.05. The molecule has 1 saturated heterocycles. The monoisotopic (exact) mass is 316 g/mol. The Hall–Kier alpha value is 0.130. The van der Waals surface area contributed by atoms with Gasteiger partial charge in [0.25, 0.3) is 0 Å². The highest BCUT2D eigenvalue weighted by Crippen LogP contribution is 2.35. The van der Waals surface area contributed by atoms with E-state index in [0.717, 1.165) is 11.4 Å². The molecule has 1 heterocycles. The third-order valence-corrected chi connectivity index (χ3v) is 7.09. The molecule has 3 N–H and O–H groups in total. The molecule has 106 valence electrons. The lowest BCUT2D eigenvalue weighted by molar-refractivity contribution is 0.490. The van der Waals surface area contributed by atoms with Crippen LogP contribution in [0.2, 0.25) is 5.02 Å². The molecule has 0 aromatic heterocycles. The summed E-state index contributed by atoms with van der Waals surface area (Å²) in [5.41, 5.74) is 4.28. The molecule has 3 unspecified atom stereocenters. The topological polar surface area (TPSA) is 38.0 Å². The van der Waals surface area contributed by atoms with E-state index in [-0.39, 0.29) is 0 Å². The third kappa shape index (κ3) is 4.30. The van der Waals surface area contributed by atoms with Gasteiger partial charge in [0.05, 0.1) is 0 Å². The number of halogens is 1. The summed E-state index contributed by atoms with van der Waals surface area (Å²) in [6, 6.07) is 8.38. The fraction of sp³-hybridized carbons (Fsp3) is 0.571. The highest BCUT2D eigenvalue weighted by molar-refractivity contribution is 8.07. The summed E-state index contributed by atoms with van der Waals surface area (Å²) in [5.74, 6) is 8.28. The predicted octanol–water partition coefficient (Wildman–Crippen LogP) is 3.34. The summed E-state index contributed by atoms with van der Waals surface area (Å²) in [4.78, 5) is 0. The van der Waals surface area contributed by atoms with E-state index in [1.54, 1.807) is 0 Å². The second-order valence-electron chi connectivity index (χ2n) is 4.76. The Morgan fingerprint density at radius 1 is 1.42 bits per heavy atom. The van der Waals surface area contributed by atoms with Gasteiger partial charge in [-0.2, -0.15) is 23.5 Å². The van der Waals surface area contributed by atoms with Crippen molar-refractivity contribution in [2.75, 3.05) is 11.5 Å². The van der Waals surface area contributed by atoms with E-state index in [1.807, 2.05) is 18.2 Å². The molecule has 0 amide bonds. The zero-order valence-corrected chi connectivity index (χ0v) is 13.5. The molecular weight excluding hydrogens is 296 g/mol. The van der Waals surface area contributed by atoms with Gasteiger partial charge >= 0.3 is 0 Å². The summed E-state index contributed by atoms with van der Waals surface area (Å²) < 4.78 is 0. The average Bonchev–Trinajstić information content (AvgIpc) is 2.45. The van der Waals surface area contributed by atoms with Crippen LogP contribution in [-0.4, -0.2) is 28.0 Å². The Morgan fingerprint density at radius 3 is 2.89 bits per heavy atom. The number of hydrazine groups is 1. The van der Waals surface area contributed by atoms with Gasteiger partial charge in [-0.05, 0) is 30.5 Å². The highest BCUT2D eigenvalue weighted by Gasteiger charge is 2.31. The van der Waals surface area contributed by atoms with Crippen LogP contribution in [-0.2, 0) is 6.42 Å². The molecule has 0 bridgehead atoms. The Kier molecular flexibility index (Phi) is 6.36. The molecule has 0 saturated carbocycles. The van der Waals surface area contributed by atoms with Crippen LogP contribution in [0.1, 0.15) is 18.9 Å². The fourth-order valence-corrected chi connectivity index (χ4v) is 5.96. The molecule has 5 heteroatoms. The van der Waals surface area contributed by atoms with Gasteiger partial charge in [-0.1, -0.05) is 30.7 Å². The van der Waals surface area contributed by atoms with Crippen molar-refractivity contribution < 1.29 is 0 Å². The molecule has 1 aromatic rings. The van der Waals surface area contributed by atoms with E-state index in [2.05, 4.69) is 41.9 Å². The normalized spacial score (nSPS) is 25.2. The number of hydrogen-bond donors (Lipinski definition) is 2. The number of rotatable bonds is 5. The first-order valence-corrected chi connectivity index (χ1v) is 9.16. The Balaban J connectivity index is 2.06. The van der Waals surface area contributed by atoms with Gasteiger partial charge in [-0.25, -0.2) is 0 Å². The molecule has 19 heavy (non-hydrogen) atoms. The van der Waals surface area contributed by atoms with Crippen molar-refractivity contribution >= 4 is 35.1 Å². The van der Waals surface area contributed by atoms with Gasteiger partial charge in [0.2, 0.25) is 0 Å². The summed E-state index contributed by atoms with van der Waals surface area (Å²) in [5, 5.41) is 2.07. The van der Waals surface area contributed by atoms with Crippen molar-refractivity contribution in [3.05, 3.63) is 34.9 Å². The van der Waals surface area contributed by atoms with Crippen molar-refractivity contribution in [2.24, 2.45) is 5.84 Å². The van der Waals surface area contributed by atoms with Crippen molar-refractivity contribution in [1.82, 2.24) is 5.43 Å². The number of nitrogens with two attached hydrogens (primary N) is 1. The Morgan fingerprint density at radius 2 is 2.21 bits per heavy atom. The first-order valence-electron chi connectivity index (χ1n) is 6.68. The van der Waals surface area contributed by atoms with Gasteiger partial charge in [0.15, 0.2) is 0 Å². The Bertz CT molecular complexity index is 403. The van der Waals surface area contributed by atoms with E-state index >= 15 is 0 Å². The van der Waals surface area contributed by atoms with Crippen LogP contribution in [0.3, 0.4) is 0 Å². The average molecular weight is 317 g/mol. The molecule has 0 aliphatic carbocycles. The van der Waals surface area contributed by atoms with Crippen molar-refractivity contribution in [3.8, 4) is 0 Å². The zero-order chi connectivity index (χ0) is 13.7. The van der Waals surface area contributed by atoms with Gasteiger partial charge < -0.3 is 0 Å². The van der Waals surface area contributed by atoms with E-state index in [0.29, 0.717) is 16.5 Å². The molecule has 2 nitrogen and oxygen atoms in total. The van der Waals surface area contributed by atoms with Crippen LogP contribution in [0, 0.1) is 0 Å². The molecule has 2 rings (SSSR count). The van der Waals surface area contributed by atoms with Gasteiger partial charge in [0.1, 0.15) is 0 Å². The summed E-state index contributed by atoms with van der Waals surface area (Å²) in [6.07, 6.45) is 2.14. The Labute approximate surface area is 129 Å². The maximum Gasteiger partial charge on any atom is 0.0408 e. The van der Waals surface area contributed by atoms with E-state index in [9.17, 15) is 0 Å². The van der Waals surface area contributed by atoms with Crippen LogP contribution >= 0.6 is 35.1 Å². The molecule has 1 aliphatic heterocycles. The van der Waals surface area contributed by atoms with Crippen LogP contribution in [0.5, 0.6) is 0 Å². The molecule has 1 fully saturated rings. The lowest BCUT2D eigenvalue weighted by Crippen LogP contribution is -2.49. The third-order valence-electron chi connectivity index (χ3n) is 3.45. The van der Waals surface area contributed by atoms with Crippen LogP contribution in [0.15, 0.2) is 24.3 Å². The highest BCUT2D eigenvalue weighted by atomic mass is 35.5. The number of nitrogens with one attached hydrogen (secondary N) is 1. The predicted molar refractivity (Wildman–Crippen MR) is 89.1 cm³/mol. The number of hydrogen-bond acceptors (Lipinski definition) is 4. The quantitative estimate of drug-likeness (QED) is 0.645. The van der Waals surface area contributed by atoms with Crippen molar-refractivity contribution in [3.63, 3.8) is 0 Å². The fourth-order valence-electron chi connectivity index (χ4n) is 2.50. The van der Waals surface area contributed by atoms with Crippen molar-refractivity contribution in [1.29, 1.82) is 0 Å². The minimum absolute atomic E-state index is 0.307. The van der Waals surface area contributed by atoms with Crippen LogP contribution < -0.4 is 11.3 Å². The second kappa shape index (κ2) is 7.79. The summed E-state index contributed by atoms with van der Waals surface area (Å²) in [6.45, 7) is 2.27. The molecule has 1 aromatic carbocycles. The van der Waals surface area contributed by atoms with Crippen LogP contribution in [0.25, 0.3) is 0 Å². The summed E-state index contributed by atoms with van der Waals surface area (Å²) >= 11 is 10.2. The van der Waals surface area contributed by atoms with Crippen molar-refractivity contribution in [2.45, 2.75) is 36.3 Å². The molecule has 1 aliphatic rings. The van der Waals surface area contributed by atoms with E-state index in [1.165, 1.54) is 23.5 Å². The largest absolute Gasteiger partial charge is 0.271 e. The second-order valence-corrected chi connectivity index (χ2v) is 7.83. The van der Waals surface area contributed by atoms with E-state index < -0.39 is 0 Å². The summed E-state index contributed by atoms with van der Waals surface area (Å²) in [7, 11) is 0. The van der Waals surface area contributed by atoms with Crippen LogP contribution in [0.4, 0.5) is 0 Å². The van der Waals surface area contributed by atoms with Gasteiger partial charge in [0, 0.05) is 33.1 Å². The smallest absolute Gasteiger partial charge is 0.0408 e. The number of thioether (sulfide) groups is 2. The number of benzene rings is 1. The minimum atomic E-state index is 0.307.